The average molecular weight is 638 g/mol. The highest BCUT2D eigenvalue weighted by atomic mass is 15.2. The van der Waals surface area contributed by atoms with Crippen LogP contribution in [-0.4, -0.2) is 0 Å². The summed E-state index contributed by atoms with van der Waals surface area (Å²) in [6.07, 6.45) is 4.48. The number of hydrogen-bond donors (Lipinski definition) is 0. The molecule has 1 nitrogen and oxygen atoms in total. The number of allylic oxidation sites excluding steroid dienone is 3. The van der Waals surface area contributed by atoms with Gasteiger partial charge in [-0.1, -0.05) is 164 Å². The zero-order valence-corrected chi connectivity index (χ0v) is 27.8. The van der Waals surface area contributed by atoms with E-state index in [9.17, 15) is 0 Å². The van der Waals surface area contributed by atoms with E-state index in [1.165, 1.54) is 72.5 Å². The van der Waals surface area contributed by atoms with E-state index < -0.39 is 0 Å². The third-order valence-electron chi connectivity index (χ3n) is 11.0. The first-order chi connectivity index (χ1) is 24.8. The number of nitrogens with zero attached hydrogens (tertiary/aromatic N) is 1. The Morgan fingerprint density at radius 1 is 0.380 bits per heavy atom. The van der Waals surface area contributed by atoms with Crippen molar-refractivity contribution in [1.29, 1.82) is 0 Å². The lowest BCUT2D eigenvalue weighted by molar-refractivity contribution is 0.711. The smallest absolute Gasteiger partial charge is 0.0689 e. The second-order valence-electron chi connectivity index (χ2n) is 13.5. The Balaban J connectivity index is 1.19. The maximum Gasteiger partial charge on any atom is 0.0689 e. The Kier molecular flexibility index (Phi) is 6.60. The van der Waals surface area contributed by atoms with Crippen LogP contribution in [0.5, 0.6) is 0 Å². The minimum atomic E-state index is -0.307. The van der Waals surface area contributed by atoms with Crippen molar-refractivity contribution in [2.45, 2.75) is 18.3 Å². The SMILES string of the molecule is C1=C(N(c2ccc(-c3ccccc3)cc2)c2ccc(-c3ccccc3)cc2)C2=C(CC1)C1(c3ccccc32)c2ccccc2-c2ccccc21. The number of anilines is 2. The van der Waals surface area contributed by atoms with Gasteiger partial charge in [0.25, 0.3) is 0 Å². The molecule has 0 saturated carbocycles. The fourth-order valence-electron chi connectivity index (χ4n) is 8.95. The van der Waals surface area contributed by atoms with Crippen LogP contribution in [0, 0.1) is 0 Å². The summed E-state index contributed by atoms with van der Waals surface area (Å²) in [5.41, 5.74) is 19.3. The van der Waals surface area contributed by atoms with Crippen LogP contribution in [0.1, 0.15) is 35.1 Å². The van der Waals surface area contributed by atoms with Crippen molar-refractivity contribution >= 4 is 16.9 Å². The lowest BCUT2D eigenvalue weighted by Crippen LogP contribution is -2.28. The number of benzene rings is 7. The topological polar surface area (TPSA) is 3.24 Å². The van der Waals surface area contributed by atoms with E-state index in [1.807, 2.05) is 0 Å². The molecular weight excluding hydrogens is 603 g/mol. The third kappa shape index (κ3) is 4.20. The fourth-order valence-corrected chi connectivity index (χ4v) is 8.95. The molecule has 0 aromatic heterocycles. The van der Waals surface area contributed by atoms with Gasteiger partial charge in [0.05, 0.1) is 11.1 Å². The summed E-state index contributed by atoms with van der Waals surface area (Å²) in [5.74, 6) is 0. The van der Waals surface area contributed by atoms with E-state index in [1.54, 1.807) is 0 Å². The van der Waals surface area contributed by atoms with Gasteiger partial charge in [0.1, 0.15) is 0 Å². The van der Waals surface area contributed by atoms with Gasteiger partial charge >= 0.3 is 0 Å². The molecule has 50 heavy (non-hydrogen) atoms. The molecule has 0 fully saturated rings. The molecule has 0 unspecified atom stereocenters. The summed E-state index contributed by atoms with van der Waals surface area (Å²) < 4.78 is 0. The Morgan fingerprint density at radius 2 is 0.780 bits per heavy atom. The van der Waals surface area contributed by atoms with Crippen LogP contribution >= 0.6 is 0 Å². The van der Waals surface area contributed by atoms with Crippen molar-refractivity contribution in [3.8, 4) is 33.4 Å². The molecule has 0 N–H and O–H groups in total. The summed E-state index contributed by atoms with van der Waals surface area (Å²) in [5, 5.41) is 0. The first-order valence-corrected chi connectivity index (χ1v) is 17.7. The molecule has 0 atom stereocenters. The Bertz CT molecular complexity index is 2320. The summed E-state index contributed by atoms with van der Waals surface area (Å²) in [7, 11) is 0. The number of rotatable bonds is 5. The quantitative estimate of drug-likeness (QED) is 0.182. The van der Waals surface area contributed by atoms with Gasteiger partial charge in [0, 0.05) is 16.9 Å². The summed E-state index contributed by atoms with van der Waals surface area (Å²) in [6.45, 7) is 0. The van der Waals surface area contributed by atoms with E-state index in [0.29, 0.717) is 0 Å². The van der Waals surface area contributed by atoms with Gasteiger partial charge in [0.15, 0.2) is 0 Å². The van der Waals surface area contributed by atoms with Gasteiger partial charge in [0.2, 0.25) is 0 Å². The molecule has 0 aliphatic heterocycles. The number of hydrogen-bond acceptors (Lipinski definition) is 1. The zero-order chi connectivity index (χ0) is 33.1. The predicted molar refractivity (Wildman–Crippen MR) is 208 cm³/mol. The lowest BCUT2D eigenvalue weighted by atomic mass is 9.68. The molecule has 7 aromatic rings. The van der Waals surface area contributed by atoms with Gasteiger partial charge in [-0.25, -0.2) is 0 Å². The Morgan fingerprint density at radius 3 is 1.28 bits per heavy atom. The lowest BCUT2D eigenvalue weighted by Gasteiger charge is -2.36. The van der Waals surface area contributed by atoms with Crippen molar-refractivity contribution in [3.05, 3.63) is 222 Å². The molecule has 10 rings (SSSR count). The minimum absolute atomic E-state index is 0.307. The van der Waals surface area contributed by atoms with Gasteiger partial charge in [-0.3, -0.25) is 0 Å². The molecule has 0 saturated heterocycles. The standard InChI is InChI=1S/C49H35N/c1-3-14-34(15-4-1)36-26-30-38(31-27-36)50(39-32-28-37(29-33-39)35-16-5-2-6-17-35)47-25-13-24-46-48(47)42-20-9-12-23-45(42)49(46)43-21-10-7-18-40(43)41-19-8-11-22-44(41)49/h1-12,14-23,25-33H,13,24H2. The first-order valence-electron chi connectivity index (χ1n) is 17.7. The molecule has 236 valence electrons. The molecule has 0 bridgehead atoms. The third-order valence-corrected chi connectivity index (χ3v) is 11.0. The Labute approximate surface area is 294 Å². The van der Waals surface area contributed by atoms with Gasteiger partial charge in [-0.2, -0.15) is 0 Å². The van der Waals surface area contributed by atoms with Crippen molar-refractivity contribution < 1.29 is 0 Å². The van der Waals surface area contributed by atoms with Crippen molar-refractivity contribution in [1.82, 2.24) is 0 Å². The maximum absolute atomic E-state index is 2.50. The second kappa shape index (κ2) is 11.5. The molecule has 1 heteroatoms. The summed E-state index contributed by atoms with van der Waals surface area (Å²) in [4.78, 5) is 2.50. The van der Waals surface area contributed by atoms with Crippen LogP contribution in [0.3, 0.4) is 0 Å². The van der Waals surface area contributed by atoms with Crippen LogP contribution < -0.4 is 4.90 Å². The monoisotopic (exact) mass is 637 g/mol. The minimum Gasteiger partial charge on any atom is -0.310 e. The van der Waals surface area contributed by atoms with Crippen molar-refractivity contribution in [3.63, 3.8) is 0 Å². The highest BCUT2D eigenvalue weighted by Crippen LogP contribution is 2.64. The molecule has 1 spiro atoms. The van der Waals surface area contributed by atoms with Crippen LogP contribution in [0.4, 0.5) is 11.4 Å². The van der Waals surface area contributed by atoms with E-state index >= 15 is 0 Å². The van der Waals surface area contributed by atoms with E-state index in [0.717, 1.165) is 24.2 Å². The van der Waals surface area contributed by atoms with Gasteiger partial charge in [-0.05, 0) is 98.3 Å². The molecule has 0 radical (unpaired) electrons. The molecular formula is C49H35N. The molecule has 7 aromatic carbocycles. The summed E-state index contributed by atoms with van der Waals surface area (Å²) in [6, 6.07) is 67.0. The second-order valence-corrected chi connectivity index (χ2v) is 13.5. The van der Waals surface area contributed by atoms with E-state index in [2.05, 4.69) is 193 Å². The molecule has 3 aliphatic rings. The van der Waals surface area contributed by atoms with Crippen LogP contribution in [0.25, 0.3) is 39.0 Å². The fraction of sp³-hybridized carbons (Fsp3) is 0.0612. The summed E-state index contributed by atoms with van der Waals surface area (Å²) >= 11 is 0. The zero-order valence-electron chi connectivity index (χ0n) is 27.8. The van der Waals surface area contributed by atoms with Crippen LogP contribution in [-0.2, 0) is 5.41 Å². The van der Waals surface area contributed by atoms with E-state index in [-0.39, 0.29) is 5.41 Å². The largest absolute Gasteiger partial charge is 0.310 e. The number of fused-ring (bicyclic) bond motifs is 9. The molecule has 0 heterocycles. The maximum atomic E-state index is 2.50. The van der Waals surface area contributed by atoms with Gasteiger partial charge in [-0.15, -0.1) is 0 Å². The van der Waals surface area contributed by atoms with Crippen LogP contribution in [0.15, 0.2) is 199 Å². The molecule has 3 aliphatic carbocycles. The Hall–Kier alpha value is -6.18. The molecule has 0 amide bonds. The van der Waals surface area contributed by atoms with Crippen molar-refractivity contribution in [2.24, 2.45) is 0 Å². The highest BCUT2D eigenvalue weighted by Gasteiger charge is 2.53. The predicted octanol–water partition coefficient (Wildman–Crippen LogP) is 12.6. The van der Waals surface area contributed by atoms with Crippen LogP contribution in [0.2, 0.25) is 0 Å². The normalized spacial score (nSPS) is 14.8. The van der Waals surface area contributed by atoms with Crippen molar-refractivity contribution in [2.75, 3.05) is 4.90 Å². The van der Waals surface area contributed by atoms with E-state index in [4.69, 9.17) is 0 Å². The highest BCUT2D eigenvalue weighted by molar-refractivity contribution is 6.01. The first kappa shape index (κ1) is 28.8. The van der Waals surface area contributed by atoms with Gasteiger partial charge < -0.3 is 4.90 Å². The average Bonchev–Trinajstić information content (AvgIpc) is 3.67.